The number of piperidine rings is 1. The van der Waals surface area contributed by atoms with E-state index in [0.29, 0.717) is 5.84 Å². The van der Waals surface area contributed by atoms with Crippen LogP contribution in [-0.2, 0) is 0 Å². The molecule has 0 aromatic rings. The minimum absolute atomic E-state index is 0.206. The van der Waals surface area contributed by atoms with Crippen LogP contribution in [-0.4, -0.2) is 48.7 Å². The van der Waals surface area contributed by atoms with Gasteiger partial charge in [-0.1, -0.05) is 31.8 Å². The van der Waals surface area contributed by atoms with Gasteiger partial charge in [-0.2, -0.15) is 0 Å². The molecule has 1 fully saturated rings. The summed E-state index contributed by atoms with van der Waals surface area (Å²) < 4.78 is 0. The van der Waals surface area contributed by atoms with Crippen LogP contribution in [0.4, 0.5) is 0 Å². The monoisotopic (exact) mass is 284 g/mol. The molecule has 1 aliphatic rings. The van der Waals surface area contributed by atoms with E-state index in [-0.39, 0.29) is 5.41 Å². The van der Waals surface area contributed by atoms with Crippen molar-refractivity contribution < 1.29 is 5.21 Å². The van der Waals surface area contributed by atoms with Crippen LogP contribution in [0, 0.1) is 5.41 Å². The van der Waals surface area contributed by atoms with Crippen molar-refractivity contribution in [3.63, 3.8) is 0 Å². The Morgan fingerprint density at radius 2 is 1.90 bits per heavy atom. The summed E-state index contributed by atoms with van der Waals surface area (Å²) in [6.45, 7) is 9.91. The van der Waals surface area contributed by atoms with Crippen LogP contribution in [0.15, 0.2) is 5.16 Å². The lowest BCUT2D eigenvalue weighted by atomic mass is 9.86. The van der Waals surface area contributed by atoms with Gasteiger partial charge in [0.25, 0.3) is 0 Å². The van der Waals surface area contributed by atoms with Crippen LogP contribution in [0.1, 0.15) is 52.4 Å². The molecule has 5 heteroatoms. The van der Waals surface area contributed by atoms with E-state index in [1.54, 1.807) is 0 Å². The summed E-state index contributed by atoms with van der Waals surface area (Å²) in [7, 11) is 0. The summed E-state index contributed by atoms with van der Waals surface area (Å²) >= 11 is 0. The van der Waals surface area contributed by atoms with Gasteiger partial charge in [-0.05, 0) is 45.3 Å². The highest BCUT2D eigenvalue weighted by molar-refractivity contribution is 5.85. The van der Waals surface area contributed by atoms with Crippen molar-refractivity contribution in [3.05, 3.63) is 0 Å². The van der Waals surface area contributed by atoms with Crippen LogP contribution in [0.3, 0.4) is 0 Å². The second-order valence-corrected chi connectivity index (χ2v) is 6.48. The Kier molecular flexibility index (Phi) is 7.92. The molecule has 0 aliphatic carbocycles. The Hall–Kier alpha value is -0.810. The van der Waals surface area contributed by atoms with Crippen molar-refractivity contribution in [3.8, 4) is 0 Å². The van der Waals surface area contributed by atoms with Crippen molar-refractivity contribution in [2.45, 2.75) is 52.4 Å². The van der Waals surface area contributed by atoms with Crippen molar-refractivity contribution in [1.29, 1.82) is 0 Å². The zero-order valence-electron chi connectivity index (χ0n) is 13.2. The van der Waals surface area contributed by atoms with Gasteiger partial charge in [-0.3, -0.25) is 0 Å². The number of nitrogens with two attached hydrogens (primary N) is 1. The van der Waals surface area contributed by atoms with Gasteiger partial charge in [-0.25, -0.2) is 0 Å². The molecule has 0 saturated carbocycles. The number of hydrogen-bond donors (Lipinski definition) is 3. The molecule has 0 atom stereocenters. The second kappa shape index (κ2) is 9.19. The van der Waals surface area contributed by atoms with Crippen molar-refractivity contribution >= 4 is 5.84 Å². The van der Waals surface area contributed by atoms with Crippen LogP contribution >= 0.6 is 0 Å². The van der Waals surface area contributed by atoms with Crippen LogP contribution in [0.25, 0.3) is 0 Å². The average Bonchev–Trinajstić information content (AvgIpc) is 2.46. The minimum atomic E-state index is -0.206. The summed E-state index contributed by atoms with van der Waals surface area (Å²) in [6, 6.07) is 0. The van der Waals surface area contributed by atoms with E-state index in [1.165, 1.54) is 38.9 Å². The fourth-order valence-electron chi connectivity index (χ4n) is 2.63. The van der Waals surface area contributed by atoms with E-state index < -0.39 is 0 Å². The highest BCUT2D eigenvalue weighted by Gasteiger charge is 2.22. The SMILES string of the molecule is CC(C)(CCCCNCCN1CCCCC1)C(N)=NO. The summed E-state index contributed by atoms with van der Waals surface area (Å²) in [5.74, 6) is 0.329. The molecule has 1 saturated heterocycles. The molecule has 0 bridgehead atoms. The third kappa shape index (κ3) is 6.57. The van der Waals surface area contributed by atoms with Crippen LogP contribution in [0.2, 0.25) is 0 Å². The zero-order valence-corrected chi connectivity index (χ0v) is 13.2. The fourth-order valence-corrected chi connectivity index (χ4v) is 2.63. The average molecular weight is 284 g/mol. The van der Waals surface area contributed by atoms with Gasteiger partial charge < -0.3 is 21.2 Å². The molecule has 0 spiro atoms. The van der Waals surface area contributed by atoms with E-state index in [2.05, 4.69) is 15.4 Å². The normalized spacial score (nSPS) is 18.4. The van der Waals surface area contributed by atoms with Gasteiger partial charge in [0.15, 0.2) is 0 Å². The van der Waals surface area contributed by atoms with Gasteiger partial charge in [-0.15, -0.1) is 0 Å². The maximum absolute atomic E-state index is 8.71. The maximum Gasteiger partial charge on any atom is 0.144 e. The first kappa shape index (κ1) is 17.2. The van der Waals surface area contributed by atoms with E-state index in [9.17, 15) is 0 Å². The number of nitrogens with one attached hydrogen (secondary N) is 1. The molecular weight excluding hydrogens is 252 g/mol. The smallest absolute Gasteiger partial charge is 0.144 e. The number of likely N-dealkylation sites (tertiary alicyclic amines) is 1. The van der Waals surface area contributed by atoms with E-state index in [4.69, 9.17) is 10.9 Å². The zero-order chi connectivity index (χ0) is 14.8. The Bertz CT molecular complexity index is 286. The Morgan fingerprint density at radius 1 is 1.20 bits per heavy atom. The molecule has 0 aromatic carbocycles. The van der Waals surface area contributed by atoms with E-state index in [1.807, 2.05) is 13.8 Å². The number of unbranched alkanes of at least 4 members (excludes halogenated alkanes) is 1. The topological polar surface area (TPSA) is 73.9 Å². The predicted molar refractivity (Wildman–Crippen MR) is 84.2 cm³/mol. The largest absolute Gasteiger partial charge is 0.409 e. The first-order valence-corrected chi connectivity index (χ1v) is 7.97. The molecule has 5 nitrogen and oxygen atoms in total. The van der Waals surface area contributed by atoms with Crippen LogP contribution < -0.4 is 11.1 Å². The first-order chi connectivity index (χ1) is 9.56. The summed E-state index contributed by atoms with van der Waals surface area (Å²) in [4.78, 5) is 2.55. The second-order valence-electron chi connectivity index (χ2n) is 6.48. The van der Waals surface area contributed by atoms with Gasteiger partial charge in [0.05, 0.1) is 0 Å². The summed E-state index contributed by atoms with van der Waals surface area (Å²) in [5.41, 5.74) is 5.47. The van der Waals surface area contributed by atoms with Gasteiger partial charge >= 0.3 is 0 Å². The number of hydrogen-bond acceptors (Lipinski definition) is 4. The maximum atomic E-state index is 8.71. The molecule has 0 amide bonds. The number of amidine groups is 1. The summed E-state index contributed by atoms with van der Waals surface area (Å²) in [6.07, 6.45) is 7.32. The highest BCUT2D eigenvalue weighted by atomic mass is 16.4. The van der Waals surface area contributed by atoms with Gasteiger partial charge in [0.2, 0.25) is 0 Å². The summed E-state index contributed by atoms with van der Waals surface area (Å²) in [5, 5.41) is 15.3. The quantitative estimate of drug-likeness (QED) is 0.199. The molecule has 20 heavy (non-hydrogen) atoms. The molecular formula is C15H32N4O. The molecule has 0 radical (unpaired) electrons. The third-order valence-corrected chi connectivity index (χ3v) is 4.26. The lowest BCUT2D eigenvalue weighted by molar-refractivity contribution is 0.229. The van der Waals surface area contributed by atoms with Gasteiger partial charge in [0.1, 0.15) is 5.84 Å². The standard InChI is InChI=1S/C15H32N4O/c1-15(2,14(16)18-20)8-4-5-9-17-10-13-19-11-6-3-7-12-19/h17,20H,3-13H2,1-2H3,(H2,16,18). The predicted octanol–water partition coefficient (Wildman–Crippen LogP) is 2.00. The Morgan fingerprint density at radius 3 is 2.55 bits per heavy atom. The number of oxime groups is 1. The van der Waals surface area contributed by atoms with Crippen molar-refractivity contribution in [2.75, 3.05) is 32.7 Å². The molecule has 0 unspecified atom stereocenters. The van der Waals surface area contributed by atoms with Crippen molar-refractivity contribution in [1.82, 2.24) is 10.2 Å². The van der Waals surface area contributed by atoms with E-state index >= 15 is 0 Å². The number of rotatable bonds is 9. The Balaban J connectivity index is 1.97. The molecule has 1 heterocycles. The molecule has 1 aliphatic heterocycles. The highest BCUT2D eigenvalue weighted by Crippen LogP contribution is 2.23. The Labute approximate surface area is 123 Å². The lowest BCUT2D eigenvalue weighted by Crippen LogP contribution is -2.36. The molecule has 4 N–H and O–H groups in total. The van der Waals surface area contributed by atoms with Gasteiger partial charge in [0, 0.05) is 18.5 Å². The molecule has 0 aromatic heterocycles. The van der Waals surface area contributed by atoms with Crippen molar-refractivity contribution in [2.24, 2.45) is 16.3 Å². The first-order valence-electron chi connectivity index (χ1n) is 7.97. The van der Waals surface area contributed by atoms with E-state index in [0.717, 1.165) is 32.4 Å². The molecule has 1 rings (SSSR count). The third-order valence-electron chi connectivity index (χ3n) is 4.26. The number of nitrogens with zero attached hydrogens (tertiary/aromatic N) is 2. The molecule has 118 valence electrons. The fraction of sp³-hybridized carbons (Fsp3) is 0.933. The minimum Gasteiger partial charge on any atom is -0.409 e. The lowest BCUT2D eigenvalue weighted by Gasteiger charge is -2.26. The van der Waals surface area contributed by atoms with Crippen LogP contribution in [0.5, 0.6) is 0 Å².